The molecule has 0 radical (unpaired) electrons. The van der Waals surface area contributed by atoms with Gasteiger partial charge in [0.25, 0.3) is 0 Å². The number of piperazine rings is 1. The van der Waals surface area contributed by atoms with Crippen LogP contribution in [0.5, 0.6) is 5.75 Å². The van der Waals surface area contributed by atoms with Crippen LogP contribution >= 0.6 is 0 Å². The summed E-state index contributed by atoms with van der Waals surface area (Å²) in [6.07, 6.45) is 1.03. The molecule has 0 unspecified atom stereocenters. The largest absolute Gasteiger partial charge is 0.493 e. The SMILES string of the molecule is COC[C@H](C)n1c(C)cc(C(=O)C[NH+]2CC[NH+](Cc3ccc4c(c3)CCO4)CC2)c1C. The summed E-state index contributed by atoms with van der Waals surface area (Å²) in [4.78, 5) is 16.1. The highest BCUT2D eigenvalue weighted by Gasteiger charge is 2.27. The number of carbonyl (C=O) groups is 1. The number of ether oxygens (including phenoxy) is 2. The summed E-state index contributed by atoms with van der Waals surface area (Å²) in [5.41, 5.74) is 5.83. The second kappa shape index (κ2) is 9.55. The molecule has 1 saturated heterocycles. The number of benzene rings is 1. The molecule has 6 heteroatoms. The third-order valence-electron chi connectivity index (χ3n) is 6.92. The van der Waals surface area contributed by atoms with Crippen molar-refractivity contribution in [1.29, 1.82) is 0 Å². The highest BCUT2D eigenvalue weighted by molar-refractivity contribution is 5.98. The zero-order valence-electron chi connectivity index (χ0n) is 19.4. The lowest BCUT2D eigenvalue weighted by Gasteiger charge is -2.29. The van der Waals surface area contributed by atoms with Gasteiger partial charge in [-0.3, -0.25) is 4.79 Å². The zero-order valence-corrected chi connectivity index (χ0v) is 19.4. The average molecular weight is 428 g/mol. The number of carbonyl (C=O) groups excluding carboxylic acids is 1. The van der Waals surface area contributed by atoms with Gasteiger partial charge in [0.2, 0.25) is 5.78 Å². The van der Waals surface area contributed by atoms with Crippen molar-refractivity contribution in [3.05, 3.63) is 52.3 Å². The minimum Gasteiger partial charge on any atom is -0.493 e. The monoisotopic (exact) mass is 427 g/mol. The van der Waals surface area contributed by atoms with Crippen LogP contribution in [0.3, 0.4) is 0 Å². The smallest absolute Gasteiger partial charge is 0.218 e. The Morgan fingerprint density at radius 1 is 1.16 bits per heavy atom. The summed E-state index contributed by atoms with van der Waals surface area (Å²) in [5.74, 6) is 1.32. The molecule has 4 rings (SSSR count). The molecule has 168 valence electrons. The lowest BCUT2D eigenvalue weighted by atomic mass is 10.1. The predicted octanol–water partition coefficient (Wildman–Crippen LogP) is 0.414. The third kappa shape index (κ3) is 4.86. The van der Waals surface area contributed by atoms with Gasteiger partial charge in [0.05, 0.1) is 19.3 Å². The van der Waals surface area contributed by atoms with E-state index in [9.17, 15) is 4.79 Å². The molecule has 1 atom stereocenters. The maximum atomic E-state index is 13.1. The van der Waals surface area contributed by atoms with Gasteiger partial charge >= 0.3 is 0 Å². The van der Waals surface area contributed by atoms with Crippen LogP contribution in [0.15, 0.2) is 24.3 Å². The molecular formula is C25H37N3O3+2. The van der Waals surface area contributed by atoms with Crippen LogP contribution in [0.4, 0.5) is 0 Å². The van der Waals surface area contributed by atoms with Crippen LogP contribution < -0.4 is 14.5 Å². The molecular weight excluding hydrogens is 390 g/mol. The minimum atomic E-state index is 0.233. The summed E-state index contributed by atoms with van der Waals surface area (Å²) in [6, 6.07) is 8.94. The molecule has 31 heavy (non-hydrogen) atoms. The number of nitrogens with one attached hydrogen (secondary N) is 2. The van der Waals surface area contributed by atoms with Gasteiger partial charge in [-0.25, -0.2) is 0 Å². The summed E-state index contributed by atoms with van der Waals surface area (Å²) >= 11 is 0. The van der Waals surface area contributed by atoms with E-state index in [1.807, 2.05) is 0 Å². The molecule has 2 aliphatic heterocycles. The molecule has 2 aliphatic rings. The summed E-state index contributed by atoms with van der Waals surface area (Å²) < 4.78 is 13.2. The number of quaternary nitrogens is 2. The molecule has 2 N–H and O–H groups in total. The number of fused-ring (bicyclic) bond motifs is 1. The van der Waals surface area contributed by atoms with Crippen LogP contribution in [0.1, 0.15) is 45.8 Å². The van der Waals surface area contributed by atoms with Gasteiger partial charge in [0, 0.05) is 36.0 Å². The van der Waals surface area contributed by atoms with E-state index < -0.39 is 0 Å². The number of Topliss-reactive ketones (excluding diaryl/α,β-unsaturated/α-hetero) is 1. The lowest BCUT2D eigenvalue weighted by molar-refractivity contribution is -1.01. The molecule has 6 nitrogen and oxygen atoms in total. The Labute approximate surface area is 185 Å². The molecule has 1 aromatic carbocycles. The molecule has 0 saturated carbocycles. The zero-order chi connectivity index (χ0) is 22.0. The second-order valence-electron chi connectivity index (χ2n) is 9.28. The number of methoxy groups -OCH3 is 1. The quantitative estimate of drug-likeness (QED) is 0.600. The first-order valence-electron chi connectivity index (χ1n) is 11.6. The summed E-state index contributed by atoms with van der Waals surface area (Å²) in [6.45, 7) is 13.7. The Morgan fingerprint density at radius 2 is 1.90 bits per heavy atom. The van der Waals surface area contributed by atoms with Gasteiger partial charge < -0.3 is 23.8 Å². The van der Waals surface area contributed by atoms with Crippen molar-refractivity contribution in [1.82, 2.24) is 4.57 Å². The normalized spacial score (nSPS) is 21.5. The Balaban J connectivity index is 1.31. The predicted molar refractivity (Wildman–Crippen MR) is 120 cm³/mol. The summed E-state index contributed by atoms with van der Waals surface area (Å²) in [7, 11) is 1.72. The third-order valence-corrected chi connectivity index (χ3v) is 6.92. The van der Waals surface area contributed by atoms with E-state index in [2.05, 4.69) is 49.6 Å². The van der Waals surface area contributed by atoms with Crippen molar-refractivity contribution >= 4 is 5.78 Å². The Morgan fingerprint density at radius 3 is 2.65 bits per heavy atom. The first kappa shape index (κ1) is 22.1. The van der Waals surface area contributed by atoms with Crippen LogP contribution in [0, 0.1) is 13.8 Å². The van der Waals surface area contributed by atoms with Gasteiger partial charge in [-0.2, -0.15) is 0 Å². The number of aromatic nitrogens is 1. The lowest BCUT2D eigenvalue weighted by Crippen LogP contribution is -3.27. The fourth-order valence-corrected chi connectivity index (χ4v) is 5.32. The van der Waals surface area contributed by atoms with Gasteiger partial charge in [-0.15, -0.1) is 0 Å². The van der Waals surface area contributed by atoms with Crippen LogP contribution in [0.2, 0.25) is 0 Å². The maximum Gasteiger partial charge on any atom is 0.218 e. The number of ketones is 1. The topological polar surface area (TPSA) is 49.3 Å². The average Bonchev–Trinajstić information content (AvgIpc) is 3.33. The Kier molecular flexibility index (Phi) is 6.80. The highest BCUT2D eigenvalue weighted by atomic mass is 16.5. The highest BCUT2D eigenvalue weighted by Crippen LogP contribution is 2.25. The van der Waals surface area contributed by atoms with Crippen molar-refractivity contribution in [2.24, 2.45) is 0 Å². The van der Waals surface area contributed by atoms with E-state index in [0.29, 0.717) is 13.2 Å². The van der Waals surface area contributed by atoms with Crippen molar-refractivity contribution in [2.75, 3.05) is 53.0 Å². The standard InChI is InChI=1S/C25H35N3O3/c1-18-13-23(20(3)28(18)19(2)17-30-4)24(29)16-27-10-8-26(9-11-27)15-21-5-6-25-22(14-21)7-12-31-25/h5-6,13-14,19H,7-12,15-17H2,1-4H3/p+2/t19-/m0/s1. The number of hydrogen-bond donors (Lipinski definition) is 2. The molecule has 1 aromatic heterocycles. The summed E-state index contributed by atoms with van der Waals surface area (Å²) in [5, 5.41) is 0. The number of nitrogens with zero attached hydrogens (tertiary/aromatic N) is 1. The number of aryl methyl sites for hydroxylation is 1. The van der Waals surface area contributed by atoms with Crippen LogP contribution in [0.25, 0.3) is 0 Å². The van der Waals surface area contributed by atoms with E-state index in [0.717, 1.165) is 68.5 Å². The molecule has 3 heterocycles. The Hall–Kier alpha value is -2.15. The number of rotatable bonds is 8. The maximum absolute atomic E-state index is 13.1. The molecule has 1 fully saturated rings. The number of hydrogen-bond acceptors (Lipinski definition) is 3. The van der Waals surface area contributed by atoms with Crippen molar-refractivity contribution < 1.29 is 24.1 Å². The first-order valence-corrected chi connectivity index (χ1v) is 11.6. The first-order chi connectivity index (χ1) is 15.0. The molecule has 0 bridgehead atoms. The van der Waals surface area contributed by atoms with Gasteiger partial charge in [0.1, 0.15) is 45.0 Å². The van der Waals surface area contributed by atoms with E-state index in [4.69, 9.17) is 9.47 Å². The van der Waals surface area contributed by atoms with Gasteiger partial charge in [0.15, 0.2) is 0 Å². The fraction of sp³-hybridized carbons (Fsp3) is 0.560. The molecule has 0 aliphatic carbocycles. The van der Waals surface area contributed by atoms with Gasteiger partial charge in [-0.05, 0) is 50.6 Å². The Bertz CT molecular complexity index is 928. The van der Waals surface area contributed by atoms with E-state index >= 15 is 0 Å². The second-order valence-corrected chi connectivity index (χ2v) is 9.28. The van der Waals surface area contributed by atoms with E-state index in [1.165, 1.54) is 16.0 Å². The van der Waals surface area contributed by atoms with Crippen molar-refractivity contribution in [2.45, 2.75) is 39.8 Å². The minimum absolute atomic E-state index is 0.233. The molecule has 2 aromatic rings. The van der Waals surface area contributed by atoms with E-state index in [-0.39, 0.29) is 11.8 Å². The van der Waals surface area contributed by atoms with Gasteiger partial charge in [-0.1, -0.05) is 0 Å². The van der Waals surface area contributed by atoms with E-state index in [1.54, 1.807) is 12.0 Å². The fourth-order valence-electron chi connectivity index (χ4n) is 5.32. The van der Waals surface area contributed by atoms with Crippen LogP contribution in [-0.2, 0) is 17.7 Å². The van der Waals surface area contributed by atoms with Crippen molar-refractivity contribution in [3.63, 3.8) is 0 Å². The molecule has 0 spiro atoms. The molecule has 0 amide bonds. The van der Waals surface area contributed by atoms with Crippen LogP contribution in [-0.4, -0.2) is 63.4 Å². The van der Waals surface area contributed by atoms with Crippen molar-refractivity contribution in [3.8, 4) is 5.75 Å².